The molecule has 1 aromatic heterocycles. The largest absolute Gasteiger partial charge is 0.469 e. The molecule has 1 saturated heterocycles. The molecule has 2 unspecified atom stereocenters. The van der Waals surface area contributed by atoms with E-state index in [4.69, 9.17) is 9.15 Å². The summed E-state index contributed by atoms with van der Waals surface area (Å²) in [6, 6.07) is 2.40. The average molecular weight is 279 g/mol. The summed E-state index contributed by atoms with van der Waals surface area (Å²) in [5, 5.41) is 3.71. The molecule has 0 saturated carbocycles. The van der Waals surface area contributed by atoms with Crippen molar-refractivity contribution in [1.29, 1.82) is 0 Å². The third-order valence-corrected chi connectivity index (χ3v) is 4.39. The van der Waals surface area contributed by atoms with Gasteiger partial charge in [0.1, 0.15) is 5.76 Å². The zero-order valence-corrected chi connectivity index (χ0v) is 13.7. The second-order valence-electron chi connectivity index (χ2n) is 7.14. The lowest BCUT2D eigenvalue weighted by Crippen LogP contribution is -2.39. The molecule has 2 atom stereocenters. The minimum absolute atomic E-state index is 0.0576. The van der Waals surface area contributed by atoms with Crippen LogP contribution < -0.4 is 5.32 Å². The maximum Gasteiger partial charge on any atom is 0.105 e. The van der Waals surface area contributed by atoms with E-state index >= 15 is 0 Å². The lowest BCUT2D eigenvalue weighted by molar-refractivity contribution is -0.0778. The van der Waals surface area contributed by atoms with Crippen molar-refractivity contribution >= 4 is 0 Å². The van der Waals surface area contributed by atoms with E-state index in [0.717, 1.165) is 25.1 Å². The van der Waals surface area contributed by atoms with E-state index in [9.17, 15) is 0 Å². The number of hydrogen-bond acceptors (Lipinski definition) is 3. The maximum atomic E-state index is 6.28. The minimum Gasteiger partial charge on any atom is -0.469 e. The normalized spacial score (nSPS) is 25.8. The van der Waals surface area contributed by atoms with Crippen LogP contribution >= 0.6 is 0 Å². The van der Waals surface area contributed by atoms with E-state index in [0.29, 0.717) is 12.0 Å². The molecular weight excluding hydrogens is 250 g/mol. The van der Waals surface area contributed by atoms with Gasteiger partial charge < -0.3 is 14.5 Å². The molecule has 1 fully saturated rings. The summed E-state index contributed by atoms with van der Waals surface area (Å²) in [5.41, 5.74) is 1.09. The Morgan fingerprint density at radius 2 is 2.05 bits per heavy atom. The molecule has 2 heterocycles. The van der Waals surface area contributed by atoms with Gasteiger partial charge in [0.2, 0.25) is 0 Å². The number of furan rings is 1. The van der Waals surface area contributed by atoms with Crippen LogP contribution in [0.2, 0.25) is 0 Å². The number of rotatable bonds is 5. The summed E-state index contributed by atoms with van der Waals surface area (Å²) < 4.78 is 11.8. The highest BCUT2D eigenvalue weighted by Gasteiger charge is 2.49. The molecule has 0 spiro atoms. The van der Waals surface area contributed by atoms with Crippen LogP contribution in [-0.4, -0.2) is 17.7 Å². The van der Waals surface area contributed by atoms with Crippen molar-refractivity contribution < 1.29 is 9.15 Å². The molecule has 114 valence electrons. The monoisotopic (exact) mass is 279 g/mol. The van der Waals surface area contributed by atoms with E-state index < -0.39 is 0 Å². The Morgan fingerprint density at radius 3 is 2.50 bits per heavy atom. The predicted molar refractivity (Wildman–Crippen MR) is 81.8 cm³/mol. The lowest BCUT2D eigenvalue weighted by atomic mass is 9.79. The first kappa shape index (κ1) is 15.6. The van der Waals surface area contributed by atoms with Crippen molar-refractivity contribution in [2.75, 3.05) is 6.54 Å². The lowest BCUT2D eigenvalue weighted by Gasteiger charge is -2.33. The average Bonchev–Trinajstić information content (AvgIpc) is 2.81. The van der Waals surface area contributed by atoms with E-state index in [2.05, 4.69) is 46.0 Å². The van der Waals surface area contributed by atoms with Crippen molar-refractivity contribution in [2.45, 2.75) is 71.6 Å². The maximum absolute atomic E-state index is 6.28. The molecule has 20 heavy (non-hydrogen) atoms. The summed E-state index contributed by atoms with van der Waals surface area (Å²) in [6.45, 7) is 14.1. The van der Waals surface area contributed by atoms with Gasteiger partial charge in [0.25, 0.3) is 0 Å². The summed E-state index contributed by atoms with van der Waals surface area (Å²) in [4.78, 5) is 0. The second kappa shape index (κ2) is 5.53. The van der Waals surface area contributed by atoms with Crippen molar-refractivity contribution in [3.05, 3.63) is 23.7 Å². The number of nitrogens with one attached hydrogen (secondary N) is 1. The van der Waals surface area contributed by atoms with Gasteiger partial charge in [0, 0.05) is 17.5 Å². The first-order chi connectivity index (χ1) is 9.27. The van der Waals surface area contributed by atoms with Gasteiger partial charge >= 0.3 is 0 Å². The Labute approximate surface area is 123 Å². The Hall–Kier alpha value is -0.800. The fourth-order valence-corrected chi connectivity index (χ4v) is 3.61. The Bertz CT molecular complexity index is 448. The van der Waals surface area contributed by atoms with Gasteiger partial charge in [-0.25, -0.2) is 0 Å². The molecule has 3 heteroatoms. The quantitative estimate of drug-likeness (QED) is 0.876. The fourth-order valence-electron chi connectivity index (χ4n) is 3.61. The van der Waals surface area contributed by atoms with Gasteiger partial charge in [-0.2, -0.15) is 0 Å². The minimum atomic E-state index is -0.126. The first-order valence-electron chi connectivity index (χ1n) is 7.74. The molecule has 1 N–H and O–H groups in total. The molecule has 1 aromatic rings. The molecular formula is C17H29NO2. The van der Waals surface area contributed by atoms with Crippen molar-refractivity contribution in [2.24, 2.45) is 5.92 Å². The fraction of sp³-hybridized carbons (Fsp3) is 0.765. The van der Waals surface area contributed by atoms with Crippen molar-refractivity contribution in [1.82, 2.24) is 5.32 Å². The van der Waals surface area contributed by atoms with Crippen LogP contribution in [0.5, 0.6) is 0 Å². The van der Waals surface area contributed by atoms with Crippen LogP contribution in [-0.2, 0) is 4.74 Å². The van der Waals surface area contributed by atoms with Gasteiger partial charge in [-0.1, -0.05) is 6.92 Å². The standard InChI is InChI=1S/C17H29NO2/c1-7-9-18-15(13-8-10-19-12(13)2)14-11-16(3,4)20-17(14,5)6/h8,10,14-15,18H,7,9,11H2,1-6H3. The highest BCUT2D eigenvalue weighted by molar-refractivity contribution is 5.23. The Morgan fingerprint density at radius 1 is 1.35 bits per heavy atom. The van der Waals surface area contributed by atoms with Gasteiger partial charge in [-0.3, -0.25) is 0 Å². The SMILES string of the molecule is CCCNC(c1ccoc1C)C1CC(C)(C)OC1(C)C. The first-order valence-corrected chi connectivity index (χ1v) is 7.74. The molecule has 3 nitrogen and oxygen atoms in total. The highest BCUT2D eigenvalue weighted by atomic mass is 16.5. The van der Waals surface area contributed by atoms with Gasteiger partial charge in [-0.15, -0.1) is 0 Å². The number of ether oxygens (including phenoxy) is 1. The van der Waals surface area contributed by atoms with Crippen LogP contribution in [0.1, 0.15) is 64.8 Å². The van der Waals surface area contributed by atoms with Crippen LogP contribution in [0.4, 0.5) is 0 Å². The number of aryl methyl sites for hydroxylation is 1. The van der Waals surface area contributed by atoms with E-state index in [1.807, 2.05) is 6.92 Å². The van der Waals surface area contributed by atoms with Gasteiger partial charge in [0.15, 0.2) is 0 Å². The zero-order valence-electron chi connectivity index (χ0n) is 13.7. The third kappa shape index (κ3) is 3.09. The van der Waals surface area contributed by atoms with Crippen LogP contribution in [0.3, 0.4) is 0 Å². The summed E-state index contributed by atoms with van der Waals surface area (Å²) in [6.07, 6.45) is 3.98. The third-order valence-electron chi connectivity index (χ3n) is 4.39. The van der Waals surface area contributed by atoms with Crippen LogP contribution in [0.25, 0.3) is 0 Å². The van der Waals surface area contributed by atoms with Gasteiger partial charge in [-0.05, 0) is 60.1 Å². The second-order valence-corrected chi connectivity index (χ2v) is 7.14. The smallest absolute Gasteiger partial charge is 0.105 e. The summed E-state index contributed by atoms with van der Waals surface area (Å²) in [5.74, 6) is 1.46. The zero-order chi connectivity index (χ0) is 15.0. The Balaban J connectivity index is 2.30. The molecule has 0 radical (unpaired) electrons. The van der Waals surface area contributed by atoms with Crippen molar-refractivity contribution in [3.63, 3.8) is 0 Å². The molecule has 1 aliphatic rings. The van der Waals surface area contributed by atoms with E-state index in [1.54, 1.807) is 6.26 Å². The van der Waals surface area contributed by atoms with E-state index in [1.165, 1.54) is 5.56 Å². The predicted octanol–water partition coefficient (Wildman–Crippen LogP) is 4.22. The number of hydrogen-bond donors (Lipinski definition) is 1. The molecule has 2 rings (SSSR count). The molecule has 0 bridgehead atoms. The molecule has 0 aliphatic carbocycles. The van der Waals surface area contributed by atoms with Crippen LogP contribution in [0, 0.1) is 12.8 Å². The Kier molecular flexibility index (Phi) is 4.31. The van der Waals surface area contributed by atoms with Gasteiger partial charge in [0.05, 0.1) is 17.5 Å². The molecule has 0 amide bonds. The molecule has 0 aromatic carbocycles. The summed E-state index contributed by atoms with van der Waals surface area (Å²) >= 11 is 0. The summed E-state index contributed by atoms with van der Waals surface area (Å²) in [7, 11) is 0. The highest BCUT2D eigenvalue weighted by Crippen LogP contribution is 2.48. The van der Waals surface area contributed by atoms with E-state index in [-0.39, 0.29) is 11.2 Å². The van der Waals surface area contributed by atoms with Crippen molar-refractivity contribution in [3.8, 4) is 0 Å². The van der Waals surface area contributed by atoms with Crippen LogP contribution in [0.15, 0.2) is 16.7 Å². The topological polar surface area (TPSA) is 34.4 Å². The molecule has 1 aliphatic heterocycles.